The minimum Gasteiger partial charge on any atom is -0.351 e. The first-order valence-electron chi connectivity index (χ1n) is 9.19. The van der Waals surface area contributed by atoms with Crippen LogP contribution in [-0.4, -0.2) is 5.91 Å². The SMILES string of the molecule is C[C@@]1(Cc2cc(F)cc(F)c2F)C(=O)NCc2ccc(-c3ccc(F)c(Cl)c3)cc21. The molecule has 1 aliphatic rings. The Balaban J connectivity index is 1.83. The summed E-state index contributed by atoms with van der Waals surface area (Å²) in [5.74, 6) is -4.34. The molecule has 1 amide bonds. The summed E-state index contributed by atoms with van der Waals surface area (Å²) in [7, 11) is 0. The van der Waals surface area contributed by atoms with Gasteiger partial charge in [-0.05, 0) is 65.4 Å². The number of carbonyl (C=O) groups is 1. The Hall–Kier alpha value is -2.86. The molecular weight excluding hydrogens is 418 g/mol. The number of rotatable bonds is 3. The Morgan fingerprint density at radius 3 is 2.40 bits per heavy atom. The van der Waals surface area contributed by atoms with Crippen LogP contribution in [0.2, 0.25) is 5.02 Å². The van der Waals surface area contributed by atoms with Crippen LogP contribution < -0.4 is 5.32 Å². The molecule has 0 saturated heterocycles. The third-order valence-corrected chi connectivity index (χ3v) is 5.80. The van der Waals surface area contributed by atoms with Gasteiger partial charge in [0.25, 0.3) is 0 Å². The molecule has 0 aliphatic carbocycles. The molecule has 1 N–H and O–H groups in total. The number of amides is 1. The molecule has 0 spiro atoms. The summed E-state index contributed by atoms with van der Waals surface area (Å²) in [6.45, 7) is 1.87. The number of halogens is 5. The first-order chi connectivity index (χ1) is 14.2. The van der Waals surface area contributed by atoms with E-state index >= 15 is 0 Å². The van der Waals surface area contributed by atoms with Gasteiger partial charge in [-0.15, -0.1) is 0 Å². The highest BCUT2D eigenvalue weighted by Crippen LogP contribution is 2.38. The van der Waals surface area contributed by atoms with Crippen molar-refractivity contribution in [1.82, 2.24) is 5.32 Å². The fourth-order valence-electron chi connectivity index (χ4n) is 3.89. The number of carbonyl (C=O) groups excluding carboxylic acids is 1. The lowest BCUT2D eigenvalue weighted by molar-refractivity contribution is -0.127. The number of hydrogen-bond donors (Lipinski definition) is 1. The van der Waals surface area contributed by atoms with Crippen LogP contribution in [0.1, 0.15) is 23.6 Å². The second kappa shape index (κ2) is 7.43. The second-order valence-electron chi connectivity index (χ2n) is 7.55. The second-order valence-corrected chi connectivity index (χ2v) is 7.96. The normalized spacial score (nSPS) is 18.1. The van der Waals surface area contributed by atoms with Gasteiger partial charge in [0.05, 0.1) is 10.4 Å². The van der Waals surface area contributed by atoms with Crippen LogP contribution in [-0.2, 0) is 23.2 Å². The van der Waals surface area contributed by atoms with Crippen LogP contribution >= 0.6 is 11.6 Å². The fourth-order valence-corrected chi connectivity index (χ4v) is 4.07. The fraction of sp³-hybridized carbons (Fsp3) is 0.174. The Morgan fingerprint density at radius 1 is 0.967 bits per heavy atom. The smallest absolute Gasteiger partial charge is 0.230 e. The molecule has 3 aromatic rings. The van der Waals surface area contributed by atoms with Crippen LogP contribution in [0.25, 0.3) is 11.1 Å². The standard InChI is InChI=1S/C23H16ClF4NO/c1-23(10-15-6-16(25)9-20(27)21(15)28)17-7-12(2-3-14(17)11-29-22(23)30)13-4-5-19(26)18(24)8-13/h2-9H,10-11H2,1H3,(H,29,30)/t23-/m0/s1. The van der Waals surface area contributed by atoms with Crippen LogP contribution in [0.15, 0.2) is 48.5 Å². The lowest BCUT2D eigenvalue weighted by Gasteiger charge is -2.35. The zero-order valence-electron chi connectivity index (χ0n) is 15.8. The molecule has 2 nitrogen and oxygen atoms in total. The highest BCUT2D eigenvalue weighted by atomic mass is 35.5. The summed E-state index contributed by atoms with van der Waals surface area (Å²) in [6, 6.07) is 11.0. The zero-order chi connectivity index (χ0) is 21.6. The van der Waals surface area contributed by atoms with Gasteiger partial charge in [-0.2, -0.15) is 0 Å². The number of fused-ring (bicyclic) bond motifs is 1. The van der Waals surface area contributed by atoms with Crippen molar-refractivity contribution < 1.29 is 22.4 Å². The van der Waals surface area contributed by atoms with Gasteiger partial charge in [-0.25, -0.2) is 17.6 Å². The van der Waals surface area contributed by atoms with Crippen LogP contribution in [0.3, 0.4) is 0 Å². The van der Waals surface area contributed by atoms with E-state index in [9.17, 15) is 22.4 Å². The van der Waals surface area contributed by atoms with Crippen LogP contribution in [0.4, 0.5) is 17.6 Å². The summed E-state index contributed by atoms with van der Waals surface area (Å²) in [5.41, 5.74) is 1.23. The lowest BCUT2D eigenvalue weighted by atomic mass is 9.72. The van der Waals surface area contributed by atoms with Crippen molar-refractivity contribution in [3.63, 3.8) is 0 Å². The number of hydrogen-bond acceptors (Lipinski definition) is 1. The van der Waals surface area contributed by atoms with Crippen molar-refractivity contribution in [2.75, 3.05) is 0 Å². The van der Waals surface area contributed by atoms with E-state index in [1.54, 1.807) is 19.1 Å². The first-order valence-corrected chi connectivity index (χ1v) is 9.57. The lowest BCUT2D eigenvalue weighted by Crippen LogP contribution is -2.48. The van der Waals surface area contributed by atoms with E-state index in [0.29, 0.717) is 22.8 Å². The molecule has 1 aliphatic heterocycles. The van der Waals surface area contributed by atoms with Crippen molar-refractivity contribution in [1.29, 1.82) is 0 Å². The average Bonchev–Trinajstić information content (AvgIpc) is 2.71. The molecule has 3 aromatic carbocycles. The van der Waals surface area contributed by atoms with E-state index < -0.39 is 28.7 Å². The van der Waals surface area contributed by atoms with Gasteiger partial charge >= 0.3 is 0 Å². The molecule has 0 bridgehead atoms. The summed E-state index contributed by atoms with van der Waals surface area (Å²) in [6.07, 6.45) is -0.236. The molecule has 0 fully saturated rings. The van der Waals surface area contributed by atoms with Gasteiger partial charge in [-0.1, -0.05) is 29.8 Å². The van der Waals surface area contributed by atoms with E-state index in [1.165, 1.54) is 12.1 Å². The third kappa shape index (κ3) is 3.45. The Kier molecular flexibility index (Phi) is 5.06. The molecule has 154 valence electrons. The summed E-state index contributed by atoms with van der Waals surface area (Å²) in [5, 5.41) is 2.72. The third-order valence-electron chi connectivity index (χ3n) is 5.51. The van der Waals surface area contributed by atoms with E-state index in [2.05, 4.69) is 5.32 Å². The van der Waals surface area contributed by atoms with E-state index in [0.717, 1.165) is 11.6 Å². The predicted octanol–water partition coefficient (Wildman–Crippen LogP) is 5.69. The molecule has 0 radical (unpaired) electrons. The number of benzene rings is 3. The molecule has 0 unspecified atom stereocenters. The Bertz CT molecular complexity index is 1180. The topological polar surface area (TPSA) is 29.1 Å². The molecule has 4 rings (SSSR count). The van der Waals surface area contributed by atoms with Gasteiger partial charge in [0.15, 0.2) is 11.6 Å². The summed E-state index contributed by atoms with van der Waals surface area (Å²) < 4.78 is 55.2. The maximum atomic E-state index is 14.3. The summed E-state index contributed by atoms with van der Waals surface area (Å²) in [4.78, 5) is 12.8. The van der Waals surface area contributed by atoms with Crippen molar-refractivity contribution in [2.45, 2.75) is 25.3 Å². The largest absolute Gasteiger partial charge is 0.351 e. The maximum Gasteiger partial charge on any atom is 0.230 e. The highest BCUT2D eigenvalue weighted by molar-refractivity contribution is 6.31. The van der Waals surface area contributed by atoms with Gasteiger partial charge in [0, 0.05) is 12.6 Å². The van der Waals surface area contributed by atoms with Crippen molar-refractivity contribution in [3.05, 3.63) is 93.5 Å². The van der Waals surface area contributed by atoms with Crippen molar-refractivity contribution in [3.8, 4) is 11.1 Å². The Morgan fingerprint density at radius 2 is 1.67 bits per heavy atom. The first kappa shape index (κ1) is 20.4. The Labute approximate surface area is 175 Å². The predicted molar refractivity (Wildman–Crippen MR) is 106 cm³/mol. The molecule has 7 heteroatoms. The minimum absolute atomic E-state index is 0.0389. The van der Waals surface area contributed by atoms with E-state index in [1.807, 2.05) is 12.1 Å². The van der Waals surface area contributed by atoms with E-state index in [-0.39, 0.29) is 29.5 Å². The van der Waals surface area contributed by atoms with Gasteiger partial charge < -0.3 is 5.32 Å². The molecule has 0 aromatic heterocycles. The van der Waals surface area contributed by atoms with E-state index in [4.69, 9.17) is 11.6 Å². The molecule has 1 heterocycles. The quantitative estimate of drug-likeness (QED) is 0.417. The van der Waals surface area contributed by atoms with Gasteiger partial charge in [-0.3, -0.25) is 4.79 Å². The zero-order valence-corrected chi connectivity index (χ0v) is 16.6. The van der Waals surface area contributed by atoms with Gasteiger partial charge in [0.1, 0.15) is 11.6 Å². The summed E-state index contributed by atoms with van der Waals surface area (Å²) >= 11 is 5.89. The molecule has 0 saturated carbocycles. The maximum absolute atomic E-state index is 14.3. The number of nitrogens with one attached hydrogen (secondary N) is 1. The highest BCUT2D eigenvalue weighted by Gasteiger charge is 2.41. The minimum atomic E-state index is -1.31. The molecule has 30 heavy (non-hydrogen) atoms. The van der Waals surface area contributed by atoms with Gasteiger partial charge in [0.2, 0.25) is 5.91 Å². The van der Waals surface area contributed by atoms with Crippen molar-refractivity contribution >= 4 is 17.5 Å². The average molecular weight is 434 g/mol. The molecular formula is C23H16ClF4NO. The monoisotopic (exact) mass is 433 g/mol. The van der Waals surface area contributed by atoms with Crippen LogP contribution in [0.5, 0.6) is 0 Å². The molecule has 1 atom stereocenters. The van der Waals surface area contributed by atoms with Crippen molar-refractivity contribution in [2.24, 2.45) is 0 Å². The van der Waals surface area contributed by atoms with Crippen LogP contribution in [0, 0.1) is 23.3 Å².